The molecule has 0 spiro atoms. The number of alkyl carbamates (subject to hydrolysis) is 1. The van der Waals surface area contributed by atoms with Crippen molar-refractivity contribution in [1.29, 1.82) is 0 Å². The van der Waals surface area contributed by atoms with Crippen molar-refractivity contribution in [2.45, 2.75) is 37.5 Å². The zero-order valence-electron chi connectivity index (χ0n) is 11.8. The minimum atomic E-state index is -0.837. The van der Waals surface area contributed by atoms with E-state index < -0.39 is 24.2 Å². The number of ether oxygens (including phenoxy) is 1. The zero-order valence-corrected chi connectivity index (χ0v) is 13.4. The van der Waals surface area contributed by atoms with Gasteiger partial charge in [-0.3, -0.25) is 10.1 Å². The van der Waals surface area contributed by atoms with Crippen LogP contribution in [0.5, 0.6) is 0 Å². The van der Waals surface area contributed by atoms with Crippen molar-refractivity contribution < 1.29 is 19.4 Å². The third kappa shape index (κ3) is 7.93. The van der Waals surface area contributed by atoms with Crippen LogP contribution >= 0.6 is 21.6 Å². The van der Waals surface area contributed by atoms with Crippen molar-refractivity contribution in [3.05, 3.63) is 24.4 Å². The van der Waals surface area contributed by atoms with Crippen LogP contribution in [0.15, 0.2) is 29.4 Å². The first-order valence-electron chi connectivity index (χ1n) is 6.38. The van der Waals surface area contributed by atoms with Crippen LogP contribution in [0.1, 0.15) is 20.3 Å². The Hall–Kier alpha value is -1.25. The van der Waals surface area contributed by atoms with Crippen molar-refractivity contribution in [3.63, 3.8) is 0 Å². The highest BCUT2D eigenvalue weighted by Gasteiger charge is 2.16. The summed E-state index contributed by atoms with van der Waals surface area (Å²) < 4.78 is 4.82. The second-order valence-corrected chi connectivity index (χ2v) is 6.66. The summed E-state index contributed by atoms with van der Waals surface area (Å²) in [5.74, 6) is 0.138. The van der Waals surface area contributed by atoms with Gasteiger partial charge in [0.15, 0.2) is 0 Å². The zero-order chi connectivity index (χ0) is 15.7. The summed E-state index contributed by atoms with van der Waals surface area (Å²) in [6.07, 6.45) is -0.378. The first-order chi connectivity index (χ1) is 9.99. The summed E-state index contributed by atoms with van der Waals surface area (Å²) in [7, 11) is 2.95. The summed E-state index contributed by atoms with van der Waals surface area (Å²) >= 11 is 0. The van der Waals surface area contributed by atoms with Crippen molar-refractivity contribution in [1.82, 2.24) is 10.3 Å². The smallest absolute Gasteiger partial charge is 0.414 e. The Bertz CT molecular complexity index is 457. The Morgan fingerprint density at radius 1 is 1.43 bits per heavy atom. The molecule has 1 aromatic rings. The largest absolute Gasteiger partial charge is 0.443 e. The van der Waals surface area contributed by atoms with Crippen molar-refractivity contribution in [3.8, 4) is 0 Å². The van der Waals surface area contributed by atoms with Gasteiger partial charge in [0, 0.05) is 18.4 Å². The van der Waals surface area contributed by atoms with E-state index in [1.54, 1.807) is 13.1 Å². The van der Waals surface area contributed by atoms with Gasteiger partial charge in [-0.05, 0) is 36.8 Å². The van der Waals surface area contributed by atoms with E-state index in [0.717, 1.165) is 5.03 Å². The van der Waals surface area contributed by atoms with Gasteiger partial charge in [-0.1, -0.05) is 16.9 Å². The fraction of sp³-hybridized carbons (Fsp3) is 0.462. The number of imide groups is 1. The molecule has 21 heavy (non-hydrogen) atoms. The van der Waals surface area contributed by atoms with Gasteiger partial charge in [-0.2, -0.15) is 0 Å². The minimum absolute atomic E-state index is 0.197. The van der Waals surface area contributed by atoms with Crippen LogP contribution in [0.2, 0.25) is 0 Å². The number of hydrogen-bond donors (Lipinski definition) is 2. The van der Waals surface area contributed by atoms with Gasteiger partial charge in [0.1, 0.15) is 11.1 Å². The molecule has 0 bridgehead atoms. The first kappa shape index (κ1) is 17.8. The molecule has 0 fully saturated rings. The van der Waals surface area contributed by atoms with Crippen LogP contribution in [0.25, 0.3) is 0 Å². The van der Waals surface area contributed by atoms with Crippen LogP contribution in [0, 0.1) is 0 Å². The molecule has 0 aliphatic heterocycles. The molecule has 8 heteroatoms. The highest BCUT2D eigenvalue weighted by atomic mass is 33.1. The second kappa shape index (κ2) is 9.64. The number of rotatable bonds is 7. The number of pyridine rings is 1. The van der Waals surface area contributed by atoms with E-state index in [9.17, 15) is 14.7 Å². The monoisotopic (exact) mass is 330 g/mol. The molecule has 2 atom stereocenters. The number of carbonyl (C=O) groups is 2. The van der Waals surface area contributed by atoms with Gasteiger partial charge in [0.2, 0.25) is 5.91 Å². The lowest BCUT2D eigenvalue weighted by Gasteiger charge is -2.15. The summed E-state index contributed by atoms with van der Waals surface area (Å²) in [5, 5.41) is 12.2. The van der Waals surface area contributed by atoms with Crippen LogP contribution in [-0.2, 0) is 9.53 Å². The van der Waals surface area contributed by atoms with E-state index in [4.69, 9.17) is 4.74 Å². The highest BCUT2D eigenvalue weighted by Crippen LogP contribution is 2.29. The Balaban J connectivity index is 2.15. The van der Waals surface area contributed by atoms with E-state index in [0.29, 0.717) is 5.75 Å². The lowest BCUT2D eigenvalue weighted by molar-refractivity contribution is -0.120. The Kier molecular flexibility index (Phi) is 8.17. The maximum absolute atomic E-state index is 11.5. The fourth-order valence-corrected chi connectivity index (χ4v) is 2.97. The van der Waals surface area contributed by atoms with Gasteiger partial charge in [0.25, 0.3) is 0 Å². The highest BCUT2D eigenvalue weighted by molar-refractivity contribution is 8.76. The van der Waals surface area contributed by atoms with E-state index >= 15 is 0 Å². The van der Waals surface area contributed by atoms with E-state index in [1.807, 2.05) is 18.2 Å². The molecule has 1 rings (SSSR count). The topological polar surface area (TPSA) is 88.5 Å². The van der Waals surface area contributed by atoms with Crippen molar-refractivity contribution in [2.24, 2.45) is 0 Å². The average molecular weight is 330 g/mol. The number of amides is 2. The van der Waals surface area contributed by atoms with Crippen LogP contribution < -0.4 is 5.32 Å². The fourth-order valence-electron chi connectivity index (χ4n) is 1.11. The van der Waals surface area contributed by atoms with E-state index in [1.165, 1.54) is 28.5 Å². The standard InChI is InChI=1S/C13H18N2O4S2/c1-9(16)10(2)19-13(18)15-11(17)6-8-20-21-12-5-3-4-7-14-12/h3-5,7,9-10,16H,6,8H2,1-2H3,(H,15,17,18). The normalized spacial score (nSPS) is 13.3. The maximum Gasteiger partial charge on any atom is 0.414 e. The van der Waals surface area contributed by atoms with Crippen LogP contribution in [0.4, 0.5) is 4.79 Å². The number of nitrogens with zero attached hydrogens (tertiary/aromatic N) is 1. The molecule has 1 aromatic heterocycles. The number of hydrogen-bond acceptors (Lipinski definition) is 7. The average Bonchev–Trinajstić information content (AvgIpc) is 2.44. The summed E-state index contributed by atoms with van der Waals surface area (Å²) in [6, 6.07) is 5.61. The molecule has 1 heterocycles. The molecule has 2 amide bonds. The first-order valence-corrected chi connectivity index (χ1v) is 8.70. The third-order valence-electron chi connectivity index (χ3n) is 2.41. The molecule has 2 N–H and O–H groups in total. The maximum atomic E-state index is 11.5. The molecule has 6 nitrogen and oxygen atoms in total. The van der Waals surface area contributed by atoms with Crippen molar-refractivity contribution in [2.75, 3.05) is 5.75 Å². The van der Waals surface area contributed by atoms with E-state index in [2.05, 4.69) is 10.3 Å². The minimum Gasteiger partial charge on any atom is -0.443 e. The molecular formula is C13H18N2O4S2. The van der Waals surface area contributed by atoms with Gasteiger partial charge >= 0.3 is 6.09 Å². The summed E-state index contributed by atoms with van der Waals surface area (Å²) in [4.78, 5) is 27.0. The molecule has 0 saturated heterocycles. The molecule has 0 radical (unpaired) electrons. The molecular weight excluding hydrogens is 312 g/mol. The van der Waals surface area contributed by atoms with Crippen LogP contribution in [-0.4, -0.2) is 40.1 Å². The van der Waals surface area contributed by atoms with E-state index in [-0.39, 0.29) is 6.42 Å². The predicted molar refractivity (Wildman–Crippen MR) is 82.9 cm³/mol. The van der Waals surface area contributed by atoms with Crippen molar-refractivity contribution >= 4 is 33.6 Å². The lowest BCUT2D eigenvalue weighted by atomic mass is 10.3. The SMILES string of the molecule is CC(O)C(C)OC(=O)NC(=O)CCSSc1ccccn1. The van der Waals surface area contributed by atoms with Gasteiger partial charge in [0.05, 0.1) is 6.10 Å². The lowest BCUT2D eigenvalue weighted by Crippen LogP contribution is -2.36. The molecule has 0 saturated carbocycles. The quantitative estimate of drug-likeness (QED) is 0.585. The van der Waals surface area contributed by atoms with Crippen LogP contribution in [0.3, 0.4) is 0 Å². The number of nitrogens with one attached hydrogen (secondary N) is 1. The molecule has 0 aromatic carbocycles. The molecule has 116 valence electrons. The number of aliphatic hydroxyl groups is 1. The number of aliphatic hydroxyl groups excluding tert-OH is 1. The molecule has 0 aliphatic rings. The third-order valence-corrected chi connectivity index (χ3v) is 4.68. The number of carbonyl (C=O) groups excluding carboxylic acids is 2. The van der Waals surface area contributed by atoms with Gasteiger partial charge in [-0.25, -0.2) is 9.78 Å². The Morgan fingerprint density at radius 3 is 2.81 bits per heavy atom. The van der Waals surface area contributed by atoms with Gasteiger partial charge < -0.3 is 9.84 Å². The summed E-state index contributed by atoms with van der Waals surface area (Å²) in [5.41, 5.74) is 0. The second-order valence-electron chi connectivity index (χ2n) is 4.22. The Morgan fingerprint density at radius 2 is 2.19 bits per heavy atom. The Labute approximate surface area is 131 Å². The predicted octanol–water partition coefficient (Wildman–Crippen LogP) is 2.23. The molecule has 2 unspecified atom stereocenters. The summed E-state index contributed by atoms with van der Waals surface area (Å²) in [6.45, 7) is 3.05. The van der Waals surface area contributed by atoms with Gasteiger partial charge in [-0.15, -0.1) is 0 Å². The molecule has 0 aliphatic carbocycles. The number of aromatic nitrogens is 1.